The molecular formula is C27H35N3. The fourth-order valence-electron chi connectivity index (χ4n) is 3.69. The van der Waals surface area contributed by atoms with Crippen LogP contribution in [-0.4, -0.2) is 31.1 Å². The molecule has 4 atom stereocenters. The maximum atomic E-state index is 5.14. The highest BCUT2D eigenvalue weighted by molar-refractivity contribution is 6.33. The lowest BCUT2D eigenvalue weighted by Gasteiger charge is -2.27. The second-order valence-corrected chi connectivity index (χ2v) is 8.38. The largest absolute Gasteiger partial charge is 0.316 e. The van der Waals surface area contributed by atoms with Crippen molar-refractivity contribution in [2.45, 2.75) is 40.2 Å². The summed E-state index contributed by atoms with van der Waals surface area (Å²) < 4.78 is 0. The molecule has 0 aliphatic carbocycles. The van der Waals surface area contributed by atoms with Crippen molar-refractivity contribution in [2.75, 3.05) is 13.1 Å². The average molecular weight is 402 g/mol. The maximum absolute atomic E-state index is 5.14. The number of aliphatic imine (C=N–C) groups is 2. The number of nitrogens with zero attached hydrogens (tertiary/aromatic N) is 2. The normalized spacial score (nSPS) is 23.1. The number of dihydropyridines is 1. The molecule has 0 radical (unpaired) electrons. The zero-order valence-corrected chi connectivity index (χ0v) is 18.8. The Morgan fingerprint density at radius 3 is 2.70 bits per heavy atom. The first-order chi connectivity index (χ1) is 14.6. The van der Waals surface area contributed by atoms with Crippen molar-refractivity contribution in [2.24, 2.45) is 27.7 Å². The van der Waals surface area contributed by atoms with Gasteiger partial charge in [-0.1, -0.05) is 81.8 Å². The molecule has 1 aromatic carbocycles. The Morgan fingerprint density at radius 1 is 1.17 bits per heavy atom. The SMILES string of the molecule is C/C=C(\C=C/C(C)CNCC(C)CC)C1=NC2C=CN=CC2C=C1c1ccccc1. The summed E-state index contributed by atoms with van der Waals surface area (Å²) in [5, 5.41) is 3.59. The number of hydrogen-bond donors (Lipinski definition) is 1. The van der Waals surface area contributed by atoms with Gasteiger partial charge in [0.15, 0.2) is 0 Å². The number of benzene rings is 1. The molecule has 2 aliphatic rings. The summed E-state index contributed by atoms with van der Waals surface area (Å²) in [6, 6.07) is 10.7. The minimum atomic E-state index is 0.128. The molecular weight excluding hydrogens is 366 g/mol. The van der Waals surface area contributed by atoms with Gasteiger partial charge in [0, 0.05) is 30.5 Å². The zero-order chi connectivity index (χ0) is 21.3. The summed E-state index contributed by atoms with van der Waals surface area (Å²) in [6.07, 6.45) is 16.2. The third-order valence-corrected chi connectivity index (χ3v) is 5.84. The zero-order valence-electron chi connectivity index (χ0n) is 18.8. The molecule has 1 aromatic rings. The highest BCUT2D eigenvalue weighted by Crippen LogP contribution is 2.31. The molecule has 30 heavy (non-hydrogen) atoms. The molecule has 4 unspecified atom stereocenters. The predicted octanol–water partition coefficient (Wildman–Crippen LogP) is 5.88. The van der Waals surface area contributed by atoms with Gasteiger partial charge >= 0.3 is 0 Å². The Kier molecular flexibility index (Phi) is 8.15. The van der Waals surface area contributed by atoms with E-state index in [1.54, 1.807) is 0 Å². The lowest BCUT2D eigenvalue weighted by Crippen LogP contribution is -2.26. The van der Waals surface area contributed by atoms with Crippen LogP contribution < -0.4 is 5.32 Å². The van der Waals surface area contributed by atoms with Crippen molar-refractivity contribution in [1.29, 1.82) is 0 Å². The van der Waals surface area contributed by atoms with E-state index in [1.807, 2.05) is 12.4 Å². The van der Waals surface area contributed by atoms with Gasteiger partial charge in [0.2, 0.25) is 0 Å². The predicted molar refractivity (Wildman–Crippen MR) is 131 cm³/mol. The second-order valence-electron chi connectivity index (χ2n) is 8.38. The van der Waals surface area contributed by atoms with Crippen molar-refractivity contribution in [1.82, 2.24) is 5.32 Å². The van der Waals surface area contributed by atoms with Crippen LogP contribution >= 0.6 is 0 Å². The monoisotopic (exact) mass is 401 g/mol. The molecule has 0 fully saturated rings. The summed E-state index contributed by atoms with van der Waals surface area (Å²) in [5.41, 5.74) is 4.64. The van der Waals surface area contributed by atoms with E-state index in [2.05, 4.69) is 98.7 Å². The highest BCUT2D eigenvalue weighted by atomic mass is 14.9. The van der Waals surface area contributed by atoms with E-state index in [0.29, 0.717) is 5.92 Å². The molecule has 1 N–H and O–H groups in total. The lowest BCUT2D eigenvalue weighted by molar-refractivity contribution is 0.480. The molecule has 3 nitrogen and oxygen atoms in total. The van der Waals surface area contributed by atoms with Crippen LogP contribution in [0.3, 0.4) is 0 Å². The van der Waals surface area contributed by atoms with E-state index in [0.717, 1.165) is 24.7 Å². The summed E-state index contributed by atoms with van der Waals surface area (Å²) in [4.78, 5) is 9.47. The van der Waals surface area contributed by atoms with Gasteiger partial charge in [0.25, 0.3) is 0 Å². The maximum Gasteiger partial charge on any atom is 0.0817 e. The first-order valence-electron chi connectivity index (χ1n) is 11.2. The third kappa shape index (κ3) is 5.76. The van der Waals surface area contributed by atoms with Crippen molar-refractivity contribution < 1.29 is 0 Å². The van der Waals surface area contributed by atoms with Crippen LogP contribution in [0.2, 0.25) is 0 Å². The Labute approximate surface area is 182 Å². The first kappa shape index (κ1) is 22.2. The molecule has 2 aliphatic heterocycles. The topological polar surface area (TPSA) is 36.8 Å². The fourth-order valence-corrected chi connectivity index (χ4v) is 3.69. The quantitative estimate of drug-likeness (QED) is 0.515. The third-order valence-electron chi connectivity index (χ3n) is 5.84. The Hall–Kier alpha value is -2.52. The summed E-state index contributed by atoms with van der Waals surface area (Å²) in [6.45, 7) is 11.0. The number of fused-ring (bicyclic) bond motifs is 1. The lowest BCUT2D eigenvalue weighted by atomic mass is 9.85. The van der Waals surface area contributed by atoms with Crippen molar-refractivity contribution in [3.63, 3.8) is 0 Å². The van der Waals surface area contributed by atoms with Crippen LogP contribution in [0.15, 0.2) is 82.5 Å². The smallest absolute Gasteiger partial charge is 0.0817 e. The number of hydrogen-bond acceptors (Lipinski definition) is 3. The fraction of sp³-hybridized carbons (Fsp3) is 0.407. The average Bonchev–Trinajstić information content (AvgIpc) is 2.79. The molecule has 0 aromatic heterocycles. The molecule has 2 heterocycles. The number of allylic oxidation sites excluding steroid dienone is 4. The van der Waals surface area contributed by atoms with Crippen molar-refractivity contribution >= 4 is 17.5 Å². The summed E-state index contributed by atoms with van der Waals surface area (Å²) >= 11 is 0. The molecule has 0 amide bonds. The van der Waals surface area contributed by atoms with Gasteiger partial charge < -0.3 is 5.32 Å². The second kappa shape index (κ2) is 11.0. The van der Waals surface area contributed by atoms with E-state index >= 15 is 0 Å². The van der Waals surface area contributed by atoms with Crippen LogP contribution in [0.5, 0.6) is 0 Å². The standard InChI is InChI=1S/C27H35N3/c1-5-20(3)17-29-18-21(4)12-13-22(6-2)27-25(23-10-8-7-9-11-23)16-24-19-28-15-14-26(24)30-27/h6-16,19-21,24,26,29H,5,17-18H2,1-4H3/b13-12-,22-6+. The van der Waals surface area contributed by atoms with E-state index in [9.17, 15) is 0 Å². The Morgan fingerprint density at radius 2 is 1.97 bits per heavy atom. The minimum Gasteiger partial charge on any atom is -0.316 e. The molecule has 0 saturated carbocycles. The molecule has 158 valence electrons. The van der Waals surface area contributed by atoms with Crippen molar-refractivity contribution in [3.8, 4) is 0 Å². The van der Waals surface area contributed by atoms with Gasteiger partial charge in [0.05, 0.1) is 11.8 Å². The van der Waals surface area contributed by atoms with Gasteiger partial charge in [-0.15, -0.1) is 0 Å². The van der Waals surface area contributed by atoms with Crippen molar-refractivity contribution in [3.05, 3.63) is 78.0 Å². The van der Waals surface area contributed by atoms with Crippen LogP contribution in [0.25, 0.3) is 5.57 Å². The molecule has 3 rings (SSSR count). The van der Waals surface area contributed by atoms with Crippen LogP contribution in [0, 0.1) is 17.8 Å². The summed E-state index contributed by atoms with van der Waals surface area (Å²) in [5.74, 6) is 1.41. The van der Waals surface area contributed by atoms with E-state index in [1.165, 1.54) is 23.1 Å². The van der Waals surface area contributed by atoms with Gasteiger partial charge in [-0.2, -0.15) is 0 Å². The van der Waals surface area contributed by atoms with Crippen LogP contribution in [0.4, 0.5) is 0 Å². The molecule has 0 bridgehead atoms. The van der Waals surface area contributed by atoms with E-state index in [-0.39, 0.29) is 12.0 Å². The Bertz CT molecular complexity index is 871. The van der Waals surface area contributed by atoms with Gasteiger partial charge in [-0.3, -0.25) is 9.98 Å². The van der Waals surface area contributed by atoms with E-state index < -0.39 is 0 Å². The minimum absolute atomic E-state index is 0.128. The van der Waals surface area contributed by atoms with Gasteiger partial charge in [-0.25, -0.2) is 0 Å². The van der Waals surface area contributed by atoms with Gasteiger partial charge in [0.1, 0.15) is 0 Å². The number of nitrogens with one attached hydrogen (secondary N) is 1. The van der Waals surface area contributed by atoms with E-state index in [4.69, 9.17) is 4.99 Å². The van der Waals surface area contributed by atoms with Crippen LogP contribution in [0.1, 0.15) is 39.7 Å². The number of rotatable bonds is 9. The highest BCUT2D eigenvalue weighted by Gasteiger charge is 2.26. The Balaban J connectivity index is 1.79. The first-order valence-corrected chi connectivity index (χ1v) is 11.2. The molecule has 3 heteroatoms. The molecule has 0 saturated heterocycles. The van der Waals surface area contributed by atoms with Gasteiger partial charge in [-0.05, 0) is 42.5 Å². The summed E-state index contributed by atoms with van der Waals surface area (Å²) in [7, 11) is 0. The van der Waals surface area contributed by atoms with Crippen LogP contribution in [-0.2, 0) is 0 Å². The molecule has 0 spiro atoms.